The second-order valence-electron chi connectivity index (χ2n) is 4.91. The van der Waals surface area contributed by atoms with Gasteiger partial charge in [-0.3, -0.25) is 14.6 Å². The largest absolute Gasteiger partial charge is 0.490 e. The van der Waals surface area contributed by atoms with Crippen LogP contribution in [-0.2, 0) is 20.1 Å². The molecular weight excluding hydrogens is 240 g/mol. The van der Waals surface area contributed by atoms with Crippen molar-refractivity contribution in [2.45, 2.75) is 20.0 Å². The average Bonchev–Trinajstić information content (AvgIpc) is 2.64. The first-order valence-corrected chi connectivity index (χ1v) is 6.50. The van der Waals surface area contributed by atoms with Crippen LogP contribution in [0.15, 0.2) is 24.5 Å². The van der Waals surface area contributed by atoms with Crippen molar-refractivity contribution < 1.29 is 4.74 Å². The topological polar surface area (TPSA) is 43.2 Å². The van der Waals surface area contributed by atoms with E-state index in [0.29, 0.717) is 6.61 Å². The maximum atomic E-state index is 5.73. The molecule has 1 aliphatic heterocycles. The summed E-state index contributed by atoms with van der Waals surface area (Å²) in [5.74, 6) is 0.909. The Morgan fingerprint density at radius 1 is 1.42 bits per heavy atom. The Hall–Kier alpha value is -1.88. The minimum Gasteiger partial charge on any atom is -0.490 e. The van der Waals surface area contributed by atoms with Gasteiger partial charge in [-0.15, -0.1) is 0 Å². The van der Waals surface area contributed by atoms with Crippen molar-refractivity contribution in [3.05, 3.63) is 41.5 Å². The molecule has 1 aliphatic rings. The molecule has 2 aromatic rings. The molecule has 0 atom stereocenters. The lowest BCUT2D eigenvalue weighted by atomic mass is 10.2. The fraction of sp³-hybridized carbons (Fsp3) is 0.429. The molecule has 0 saturated heterocycles. The summed E-state index contributed by atoms with van der Waals surface area (Å²) in [6.45, 7) is 5.40. The molecule has 3 rings (SSSR count). The number of nitrogens with zero attached hydrogens (tertiary/aromatic N) is 4. The van der Waals surface area contributed by atoms with E-state index in [9.17, 15) is 0 Å². The van der Waals surface area contributed by atoms with Gasteiger partial charge in [0.05, 0.1) is 17.6 Å². The molecule has 0 aromatic carbocycles. The van der Waals surface area contributed by atoms with Crippen molar-refractivity contribution in [2.24, 2.45) is 7.05 Å². The van der Waals surface area contributed by atoms with Crippen LogP contribution < -0.4 is 4.74 Å². The summed E-state index contributed by atoms with van der Waals surface area (Å²) in [7, 11) is 1.99. The molecule has 5 nitrogen and oxygen atoms in total. The molecule has 0 N–H and O–H groups in total. The number of hydrogen-bond donors (Lipinski definition) is 0. The Balaban J connectivity index is 1.80. The number of hydrogen-bond acceptors (Lipinski definition) is 4. The van der Waals surface area contributed by atoms with E-state index in [2.05, 4.69) is 21.9 Å². The van der Waals surface area contributed by atoms with Gasteiger partial charge in [-0.05, 0) is 24.6 Å². The Bertz CT molecular complexity index is 559. The van der Waals surface area contributed by atoms with E-state index in [1.807, 2.05) is 36.3 Å². The van der Waals surface area contributed by atoms with E-state index in [-0.39, 0.29) is 0 Å². The molecule has 100 valence electrons. The second kappa shape index (κ2) is 5.01. The summed E-state index contributed by atoms with van der Waals surface area (Å²) in [6.07, 6.45) is 3.73. The molecular formula is C14H18N4O. The van der Waals surface area contributed by atoms with E-state index < -0.39 is 0 Å². The molecule has 0 saturated carbocycles. The lowest BCUT2D eigenvalue weighted by Crippen LogP contribution is -2.27. The highest BCUT2D eigenvalue weighted by Crippen LogP contribution is 2.21. The third-order valence-corrected chi connectivity index (χ3v) is 3.53. The molecule has 0 spiro atoms. The van der Waals surface area contributed by atoms with E-state index in [4.69, 9.17) is 4.74 Å². The standard InChI is InChI=1S/C14H18N4O/c1-11-8-16-17(2)13(11)10-18-6-7-19-14-4-3-5-15-12(14)9-18/h3-5,8H,6-7,9-10H2,1-2H3. The molecule has 0 radical (unpaired) electrons. The normalized spacial score (nSPS) is 15.7. The zero-order valence-electron chi connectivity index (χ0n) is 11.3. The molecule has 3 heterocycles. The zero-order valence-corrected chi connectivity index (χ0v) is 11.3. The highest BCUT2D eigenvalue weighted by Gasteiger charge is 2.18. The fourth-order valence-electron chi connectivity index (χ4n) is 2.40. The highest BCUT2D eigenvalue weighted by atomic mass is 16.5. The minimum absolute atomic E-state index is 0.704. The highest BCUT2D eigenvalue weighted by molar-refractivity contribution is 5.27. The number of rotatable bonds is 2. The molecule has 19 heavy (non-hydrogen) atoms. The van der Waals surface area contributed by atoms with Crippen LogP contribution in [0.25, 0.3) is 0 Å². The summed E-state index contributed by atoms with van der Waals surface area (Å²) in [5, 5.41) is 4.29. The molecule has 0 bridgehead atoms. The van der Waals surface area contributed by atoms with Crippen LogP contribution >= 0.6 is 0 Å². The van der Waals surface area contributed by atoms with Gasteiger partial charge in [-0.1, -0.05) is 0 Å². The maximum absolute atomic E-state index is 5.73. The Morgan fingerprint density at radius 2 is 2.32 bits per heavy atom. The van der Waals surface area contributed by atoms with Gasteiger partial charge in [0, 0.05) is 32.9 Å². The van der Waals surface area contributed by atoms with Crippen LogP contribution in [0.3, 0.4) is 0 Å². The van der Waals surface area contributed by atoms with Crippen molar-refractivity contribution in [1.29, 1.82) is 0 Å². The Morgan fingerprint density at radius 3 is 3.11 bits per heavy atom. The SMILES string of the molecule is Cc1cnn(C)c1CN1CCOc2cccnc2C1. The monoisotopic (exact) mass is 258 g/mol. The van der Waals surface area contributed by atoms with Gasteiger partial charge in [0.15, 0.2) is 0 Å². The Labute approximate surface area is 112 Å². The third-order valence-electron chi connectivity index (χ3n) is 3.53. The predicted octanol–water partition coefficient (Wildman–Crippen LogP) is 1.52. The van der Waals surface area contributed by atoms with Crippen molar-refractivity contribution in [1.82, 2.24) is 19.7 Å². The van der Waals surface area contributed by atoms with Gasteiger partial charge in [-0.25, -0.2) is 0 Å². The number of fused-ring (bicyclic) bond motifs is 1. The van der Waals surface area contributed by atoms with E-state index in [0.717, 1.165) is 31.1 Å². The first-order chi connectivity index (χ1) is 9.24. The first kappa shape index (κ1) is 12.2. The number of ether oxygens (including phenoxy) is 1. The predicted molar refractivity (Wildman–Crippen MR) is 71.8 cm³/mol. The van der Waals surface area contributed by atoms with Gasteiger partial charge < -0.3 is 4.74 Å². The number of aromatic nitrogens is 3. The first-order valence-electron chi connectivity index (χ1n) is 6.50. The minimum atomic E-state index is 0.704. The van der Waals surface area contributed by atoms with Gasteiger partial charge in [-0.2, -0.15) is 5.10 Å². The maximum Gasteiger partial charge on any atom is 0.142 e. The van der Waals surface area contributed by atoms with Crippen molar-refractivity contribution >= 4 is 0 Å². The summed E-state index contributed by atoms with van der Waals surface area (Å²) in [6, 6.07) is 3.90. The lowest BCUT2D eigenvalue weighted by Gasteiger charge is -2.19. The van der Waals surface area contributed by atoms with Gasteiger partial charge >= 0.3 is 0 Å². The molecule has 5 heteroatoms. The zero-order chi connectivity index (χ0) is 13.2. The van der Waals surface area contributed by atoms with Crippen LogP contribution in [-0.4, -0.2) is 32.8 Å². The average molecular weight is 258 g/mol. The molecule has 0 aliphatic carbocycles. The van der Waals surface area contributed by atoms with Crippen LogP contribution in [0.1, 0.15) is 17.0 Å². The smallest absolute Gasteiger partial charge is 0.142 e. The summed E-state index contributed by atoms with van der Waals surface area (Å²) >= 11 is 0. The number of pyridine rings is 1. The van der Waals surface area contributed by atoms with Crippen molar-refractivity contribution in [3.63, 3.8) is 0 Å². The Kier molecular flexibility index (Phi) is 3.21. The quantitative estimate of drug-likeness (QED) is 0.819. The molecule has 0 unspecified atom stereocenters. The van der Waals surface area contributed by atoms with Gasteiger partial charge in [0.1, 0.15) is 12.4 Å². The second-order valence-corrected chi connectivity index (χ2v) is 4.91. The lowest BCUT2D eigenvalue weighted by molar-refractivity contribution is 0.214. The van der Waals surface area contributed by atoms with Crippen LogP contribution in [0.4, 0.5) is 0 Å². The van der Waals surface area contributed by atoms with Crippen molar-refractivity contribution in [2.75, 3.05) is 13.2 Å². The van der Waals surface area contributed by atoms with E-state index >= 15 is 0 Å². The summed E-state index contributed by atoms with van der Waals surface area (Å²) < 4.78 is 7.68. The van der Waals surface area contributed by atoms with Crippen molar-refractivity contribution in [3.8, 4) is 5.75 Å². The van der Waals surface area contributed by atoms with Gasteiger partial charge in [0.2, 0.25) is 0 Å². The summed E-state index contributed by atoms with van der Waals surface area (Å²) in [4.78, 5) is 6.76. The number of aryl methyl sites for hydroxylation is 2. The van der Waals surface area contributed by atoms with E-state index in [1.165, 1.54) is 11.3 Å². The molecule has 0 amide bonds. The molecule has 0 fully saturated rings. The van der Waals surface area contributed by atoms with Crippen LogP contribution in [0.5, 0.6) is 5.75 Å². The third kappa shape index (κ3) is 2.46. The molecule has 2 aromatic heterocycles. The van der Waals surface area contributed by atoms with Crippen LogP contribution in [0.2, 0.25) is 0 Å². The van der Waals surface area contributed by atoms with E-state index in [1.54, 1.807) is 0 Å². The van der Waals surface area contributed by atoms with Crippen LogP contribution in [0, 0.1) is 6.92 Å². The van der Waals surface area contributed by atoms with Gasteiger partial charge in [0.25, 0.3) is 0 Å². The fourth-order valence-corrected chi connectivity index (χ4v) is 2.40. The summed E-state index contributed by atoms with van der Waals surface area (Å²) in [5.41, 5.74) is 3.49.